The van der Waals surface area contributed by atoms with Crippen LogP contribution in [0.3, 0.4) is 0 Å². The van der Waals surface area contributed by atoms with E-state index in [1.807, 2.05) is 0 Å². The number of rotatable bonds is 78. The van der Waals surface area contributed by atoms with E-state index in [2.05, 4.69) is 174 Å². The molecular weight excluding hydrogens is 1400 g/mol. The molecule has 0 amide bonds. The van der Waals surface area contributed by atoms with Crippen molar-refractivity contribution in [3.05, 3.63) is 146 Å². The number of unbranched alkanes of at least 4 members (excludes halogenated alkanes) is 28. The van der Waals surface area contributed by atoms with E-state index in [1.54, 1.807) is 0 Å². The van der Waals surface area contributed by atoms with Gasteiger partial charge in [0.05, 0.1) is 26.4 Å². The standard InChI is InChI=1S/C89H150O17P2/c1-5-9-13-17-21-25-29-33-36-39-41-44-47-51-54-58-62-66-70-74-87(92)100-80-85(106-89(94)76-72-68-64-60-56-52-48-45-42-40-37-34-30-26-22-18-14-10-6-2)82-104-108(97,98)102-78-83(90)77-101-107(95,96)103-81-84(105-88(93)75-71-67-63-59-55-49-32-28-24-20-16-12-8-4)79-99-86(91)73-69-65-61-57-53-50-46-43-38-35-31-27-23-19-15-11-7-3/h9-11,13-15,21-23,25-27,33-38,41-42,44-45,51,54,83-85,90H,5-8,12,16-20,24,28-32,39-40,43,46-50,52-53,55-82H2,1-4H3,(H,95,96)(H,97,98)/b13-9-,14-10-,15-11-,25-21-,26-22-,27-23-,36-33-,37-34-,38-35-,44-41-,45-42-,54-51-. The number of hydrogen-bond acceptors (Lipinski definition) is 15. The highest BCUT2D eigenvalue weighted by atomic mass is 31.2. The zero-order valence-corrected chi connectivity index (χ0v) is 69.5. The first kappa shape index (κ1) is 103. The topological polar surface area (TPSA) is 237 Å². The Hall–Kier alpha value is -5.06. The fraction of sp³-hybridized carbons (Fsp3) is 0.685. The highest BCUT2D eigenvalue weighted by Gasteiger charge is 2.30. The second-order valence-corrected chi connectivity index (χ2v) is 30.5. The van der Waals surface area contributed by atoms with Crippen LogP contribution in [0.5, 0.6) is 0 Å². The third-order valence-electron chi connectivity index (χ3n) is 17.3. The lowest BCUT2D eigenvalue weighted by Crippen LogP contribution is -2.30. The molecule has 0 heterocycles. The average molecular weight is 1550 g/mol. The highest BCUT2D eigenvalue weighted by molar-refractivity contribution is 7.47. The lowest BCUT2D eigenvalue weighted by Gasteiger charge is -2.21. The predicted molar refractivity (Wildman–Crippen MR) is 445 cm³/mol. The Balaban J connectivity index is 5.41. The number of carbonyl (C=O) groups is 4. The molecule has 0 aromatic heterocycles. The zero-order chi connectivity index (χ0) is 78.9. The summed E-state index contributed by atoms with van der Waals surface area (Å²) >= 11 is 0. The van der Waals surface area contributed by atoms with E-state index in [-0.39, 0.29) is 25.7 Å². The summed E-state index contributed by atoms with van der Waals surface area (Å²) in [7, 11) is -9.98. The summed E-state index contributed by atoms with van der Waals surface area (Å²) in [5.41, 5.74) is 0. The summed E-state index contributed by atoms with van der Waals surface area (Å²) in [6.07, 6.45) is 92.3. The van der Waals surface area contributed by atoms with Crippen LogP contribution in [-0.4, -0.2) is 96.7 Å². The van der Waals surface area contributed by atoms with E-state index in [9.17, 15) is 43.2 Å². The summed E-state index contributed by atoms with van der Waals surface area (Å²) in [4.78, 5) is 73.2. The van der Waals surface area contributed by atoms with E-state index in [1.165, 1.54) is 51.4 Å². The van der Waals surface area contributed by atoms with Gasteiger partial charge in [-0.3, -0.25) is 37.3 Å². The smallest absolute Gasteiger partial charge is 0.462 e. The molecule has 0 spiro atoms. The lowest BCUT2D eigenvalue weighted by atomic mass is 10.0. The lowest BCUT2D eigenvalue weighted by molar-refractivity contribution is -0.161. The van der Waals surface area contributed by atoms with Crippen molar-refractivity contribution < 1.29 is 80.2 Å². The summed E-state index contributed by atoms with van der Waals surface area (Å²) in [6.45, 7) is 4.51. The molecule has 17 nitrogen and oxygen atoms in total. The molecule has 0 fully saturated rings. The van der Waals surface area contributed by atoms with Crippen LogP contribution >= 0.6 is 15.6 Å². The minimum Gasteiger partial charge on any atom is -0.462 e. The fourth-order valence-electron chi connectivity index (χ4n) is 11.0. The van der Waals surface area contributed by atoms with E-state index in [4.69, 9.17) is 37.0 Å². The molecule has 19 heteroatoms. The SMILES string of the molecule is CC/C=C\C/C=C\C/C=C\C/C=C\C/C=C\CCCCCC(=O)OCC(COP(=O)(O)OCC(O)COP(=O)(O)OCC(COC(=O)CCCCCCCCC/C=C\C/C=C\C/C=C\CC)OC(=O)CCCCCCCCCCCCCCC)OC(=O)CCCCCCCC/C=C\C/C=C\C/C=C\C/C=C\CC. The molecule has 5 atom stereocenters. The third kappa shape index (κ3) is 79.0. The molecule has 618 valence electrons. The minimum absolute atomic E-state index is 0.0672. The van der Waals surface area contributed by atoms with E-state index >= 15 is 0 Å². The van der Waals surface area contributed by atoms with Crippen LogP contribution in [0.15, 0.2) is 146 Å². The highest BCUT2D eigenvalue weighted by Crippen LogP contribution is 2.45. The largest absolute Gasteiger partial charge is 0.472 e. The first-order valence-corrected chi connectivity index (χ1v) is 45.1. The molecule has 5 unspecified atom stereocenters. The Morgan fingerprint density at radius 3 is 0.750 bits per heavy atom. The van der Waals surface area contributed by atoms with Crippen LogP contribution in [0.25, 0.3) is 0 Å². The van der Waals surface area contributed by atoms with E-state index in [0.717, 1.165) is 205 Å². The maximum absolute atomic E-state index is 13.1. The Labute approximate surface area is 656 Å². The van der Waals surface area contributed by atoms with Crippen molar-refractivity contribution in [2.45, 2.75) is 354 Å². The molecule has 3 N–H and O–H groups in total. The van der Waals surface area contributed by atoms with Gasteiger partial charge in [-0.25, -0.2) is 9.13 Å². The van der Waals surface area contributed by atoms with Gasteiger partial charge in [0.1, 0.15) is 19.3 Å². The van der Waals surface area contributed by atoms with Crippen LogP contribution in [0.4, 0.5) is 0 Å². The van der Waals surface area contributed by atoms with Gasteiger partial charge >= 0.3 is 39.5 Å². The first-order chi connectivity index (χ1) is 52.7. The van der Waals surface area contributed by atoms with Gasteiger partial charge in [-0.2, -0.15) is 0 Å². The maximum atomic E-state index is 13.1. The fourth-order valence-corrected chi connectivity index (χ4v) is 12.6. The molecule has 0 rings (SSSR count). The van der Waals surface area contributed by atoms with Crippen molar-refractivity contribution in [1.82, 2.24) is 0 Å². The molecule has 0 aromatic rings. The molecule has 0 aliphatic carbocycles. The minimum atomic E-state index is -5.00. The van der Waals surface area contributed by atoms with Crippen molar-refractivity contribution in [3.8, 4) is 0 Å². The second-order valence-electron chi connectivity index (χ2n) is 27.6. The molecule has 0 aromatic carbocycles. The molecule has 0 bridgehead atoms. The van der Waals surface area contributed by atoms with Crippen LogP contribution < -0.4 is 0 Å². The summed E-state index contributed by atoms with van der Waals surface area (Å²) in [6, 6.07) is 0. The second kappa shape index (κ2) is 80.0. The number of aliphatic hydroxyl groups excluding tert-OH is 1. The van der Waals surface area contributed by atoms with Crippen LogP contribution in [-0.2, 0) is 65.4 Å². The molecule has 0 saturated heterocycles. The number of allylic oxidation sites excluding steroid dienone is 24. The van der Waals surface area contributed by atoms with Crippen molar-refractivity contribution >= 4 is 39.5 Å². The summed E-state index contributed by atoms with van der Waals surface area (Å²) in [5.74, 6) is -2.23. The predicted octanol–water partition coefficient (Wildman–Crippen LogP) is 25.0. The number of esters is 4. The molecule has 0 saturated carbocycles. The van der Waals surface area contributed by atoms with Gasteiger partial charge in [-0.15, -0.1) is 0 Å². The maximum Gasteiger partial charge on any atom is 0.472 e. The Morgan fingerprint density at radius 1 is 0.269 bits per heavy atom. The van der Waals surface area contributed by atoms with Gasteiger partial charge < -0.3 is 33.8 Å². The number of aliphatic hydroxyl groups is 1. The van der Waals surface area contributed by atoms with Crippen LogP contribution in [0.2, 0.25) is 0 Å². The zero-order valence-electron chi connectivity index (χ0n) is 67.7. The van der Waals surface area contributed by atoms with Gasteiger partial charge in [0.2, 0.25) is 0 Å². The van der Waals surface area contributed by atoms with Gasteiger partial charge in [-0.05, 0) is 141 Å². The molecule has 0 radical (unpaired) electrons. The van der Waals surface area contributed by atoms with E-state index < -0.39 is 97.5 Å². The monoisotopic (exact) mass is 1550 g/mol. The van der Waals surface area contributed by atoms with Crippen molar-refractivity contribution in [2.24, 2.45) is 0 Å². The summed E-state index contributed by atoms with van der Waals surface area (Å²) in [5, 5.41) is 10.7. The number of hydrogen-bond donors (Lipinski definition) is 3. The Kier molecular flexibility index (Phi) is 76.3. The van der Waals surface area contributed by atoms with Gasteiger partial charge in [0.15, 0.2) is 12.2 Å². The number of ether oxygens (including phenoxy) is 4. The van der Waals surface area contributed by atoms with Crippen molar-refractivity contribution in [2.75, 3.05) is 39.6 Å². The van der Waals surface area contributed by atoms with Gasteiger partial charge in [-0.1, -0.05) is 315 Å². The average Bonchev–Trinajstić information content (AvgIpc) is 0.892. The quantitative estimate of drug-likeness (QED) is 0.0169. The summed E-state index contributed by atoms with van der Waals surface area (Å²) < 4.78 is 68.8. The number of carbonyl (C=O) groups excluding carboxylic acids is 4. The molecule has 0 aliphatic heterocycles. The normalized spacial score (nSPS) is 14.5. The number of phosphoric ester groups is 2. The Morgan fingerprint density at radius 2 is 0.481 bits per heavy atom. The molecule has 108 heavy (non-hydrogen) atoms. The van der Waals surface area contributed by atoms with Crippen molar-refractivity contribution in [3.63, 3.8) is 0 Å². The molecular formula is C89H150O17P2. The third-order valence-corrected chi connectivity index (χ3v) is 19.2. The van der Waals surface area contributed by atoms with Crippen LogP contribution in [0.1, 0.15) is 336 Å². The Bertz CT molecular complexity index is 2610. The van der Waals surface area contributed by atoms with Crippen molar-refractivity contribution in [1.29, 1.82) is 0 Å². The number of phosphoric acid groups is 2. The van der Waals surface area contributed by atoms with Gasteiger partial charge in [0.25, 0.3) is 0 Å². The van der Waals surface area contributed by atoms with Crippen LogP contribution in [0, 0.1) is 0 Å². The molecule has 0 aliphatic rings. The van der Waals surface area contributed by atoms with Gasteiger partial charge in [0, 0.05) is 25.7 Å². The first-order valence-electron chi connectivity index (χ1n) is 42.1. The van der Waals surface area contributed by atoms with E-state index in [0.29, 0.717) is 25.7 Å².